The molecule has 1 aromatic carbocycles. The highest BCUT2D eigenvalue weighted by atomic mass is 35.5. The minimum atomic E-state index is 0.374. The Kier molecular flexibility index (Phi) is 4.88. The van der Waals surface area contributed by atoms with E-state index in [4.69, 9.17) is 33.8 Å². The predicted molar refractivity (Wildman–Crippen MR) is 63.7 cm³/mol. The van der Waals surface area contributed by atoms with Crippen molar-refractivity contribution >= 4 is 28.9 Å². The predicted octanol–water partition coefficient (Wildman–Crippen LogP) is 2.69. The van der Waals surface area contributed by atoms with Crippen LogP contribution in [0.4, 0.5) is 0 Å². The minimum Gasteiger partial charge on any atom is -0.394 e. The third-order valence-corrected chi connectivity index (χ3v) is 2.37. The van der Waals surface area contributed by atoms with Crippen LogP contribution in [0.25, 0.3) is 0 Å². The SMILES string of the molecule is CC(=NOCCN)c1c(Cl)cccc1Cl. The number of hydrogen-bond acceptors (Lipinski definition) is 3. The van der Waals surface area contributed by atoms with E-state index >= 15 is 0 Å². The minimum absolute atomic E-state index is 0.374. The molecule has 0 aliphatic rings. The van der Waals surface area contributed by atoms with E-state index in [1.165, 1.54) is 0 Å². The van der Waals surface area contributed by atoms with Gasteiger partial charge in [-0.25, -0.2) is 0 Å². The third-order valence-electron chi connectivity index (χ3n) is 1.74. The van der Waals surface area contributed by atoms with Crippen molar-refractivity contribution in [3.8, 4) is 0 Å². The number of hydrogen-bond donors (Lipinski definition) is 1. The highest BCUT2D eigenvalue weighted by Crippen LogP contribution is 2.24. The zero-order valence-electron chi connectivity index (χ0n) is 8.34. The van der Waals surface area contributed by atoms with E-state index in [1.807, 2.05) is 0 Å². The lowest BCUT2D eigenvalue weighted by Crippen LogP contribution is -2.07. The Labute approximate surface area is 98.8 Å². The first kappa shape index (κ1) is 12.3. The van der Waals surface area contributed by atoms with Crippen molar-refractivity contribution in [2.75, 3.05) is 13.2 Å². The summed E-state index contributed by atoms with van der Waals surface area (Å²) in [6.07, 6.45) is 0. The summed E-state index contributed by atoms with van der Waals surface area (Å²) in [5.41, 5.74) is 6.60. The van der Waals surface area contributed by atoms with E-state index in [1.54, 1.807) is 25.1 Å². The van der Waals surface area contributed by atoms with E-state index in [0.29, 0.717) is 34.5 Å². The molecule has 3 nitrogen and oxygen atoms in total. The summed E-state index contributed by atoms with van der Waals surface area (Å²) in [5, 5.41) is 4.98. The first-order valence-corrected chi connectivity index (χ1v) is 5.23. The molecule has 0 unspecified atom stereocenters. The molecule has 0 atom stereocenters. The second kappa shape index (κ2) is 5.95. The largest absolute Gasteiger partial charge is 0.394 e. The van der Waals surface area contributed by atoms with Gasteiger partial charge in [-0.1, -0.05) is 34.4 Å². The Morgan fingerprint density at radius 3 is 2.53 bits per heavy atom. The molecule has 0 spiro atoms. The molecular formula is C10H12Cl2N2O. The molecule has 0 saturated heterocycles. The monoisotopic (exact) mass is 246 g/mol. The summed E-state index contributed by atoms with van der Waals surface area (Å²) >= 11 is 12.0. The van der Waals surface area contributed by atoms with Crippen molar-refractivity contribution in [1.29, 1.82) is 0 Å². The molecule has 0 aliphatic carbocycles. The molecular weight excluding hydrogens is 235 g/mol. The number of oxime groups is 1. The molecule has 0 saturated carbocycles. The zero-order chi connectivity index (χ0) is 11.3. The topological polar surface area (TPSA) is 47.6 Å². The number of halogens is 2. The van der Waals surface area contributed by atoms with Crippen LogP contribution in [-0.2, 0) is 4.84 Å². The summed E-state index contributed by atoms with van der Waals surface area (Å²) in [5.74, 6) is 0. The molecule has 1 rings (SSSR count). The molecule has 0 amide bonds. The second-order valence-electron chi connectivity index (χ2n) is 2.90. The summed E-state index contributed by atoms with van der Waals surface area (Å²) in [4.78, 5) is 4.95. The van der Waals surface area contributed by atoms with Gasteiger partial charge in [0.1, 0.15) is 6.61 Å². The van der Waals surface area contributed by atoms with E-state index in [0.717, 1.165) is 0 Å². The van der Waals surface area contributed by atoms with Crippen LogP contribution in [-0.4, -0.2) is 18.9 Å². The quantitative estimate of drug-likeness (QED) is 0.505. The Morgan fingerprint density at radius 1 is 1.40 bits per heavy atom. The third kappa shape index (κ3) is 3.38. The fourth-order valence-corrected chi connectivity index (χ4v) is 1.76. The number of benzene rings is 1. The molecule has 5 heteroatoms. The van der Waals surface area contributed by atoms with Crippen molar-refractivity contribution in [1.82, 2.24) is 0 Å². The molecule has 82 valence electrons. The molecule has 15 heavy (non-hydrogen) atoms. The van der Waals surface area contributed by atoms with Gasteiger partial charge in [-0.2, -0.15) is 0 Å². The fourth-order valence-electron chi connectivity index (χ4n) is 1.08. The molecule has 0 radical (unpaired) electrons. The van der Waals surface area contributed by atoms with Crippen molar-refractivity contribution in [2.45, 2.75) is 6.92 Å². The molecule has 0 bridgehead atoms. The van der Waals surface area contributed by atoms with E-state index < -0.39 is 0 Å². The summed E-state index contributed by atoms with van der Waals surface area (Å²) in [7, 11) is 0. The maximum atomic E-state index is 5.99. The van der Waals surface area contributed by atoms with Crippen molar-refractivity contribution in [2.24, 2.45) is 10.9 Å². The average Bonchev–Trinajstić information content (AvgIpc) is 2.18. The van der Waals surface area contributed by atoms with Gasteiger partial charge in [-0.05, 0) is 19.1 Å². The zero-order valence-corrected chi connectivity index (χ0v) is 9.85. The van der Waals surface area contributed by atoms with Crippen LogP contribution in [0.5, 0.6) is 0 Å². The molecule has 2 N–H and O–H groups in total. The Balaban J connectivity index is 2.90. The van der Waals surface area contributed by atoms with Gasteiger partial charge in [0.05, 0.1) is 15.8 Å². The van der Waals surface area contributed by atoms with Gasteiger partial charge in [0, 0.05) is 12.1 Å². The molecule has 1 aromatic rings. The molecule has 0 aliphatic heterocycles. The van der Waals surface area contributed by atoms with Gasteiger partial charge in [-0.3, -0.25) is 0 Å². The first-order valence-electron chi connectivity index (χ1n) is 4.48. The van der Waals surface area contributed by atoms with Gasteiger partial charge in [0.2, 0.25) is 0 Å². The van der Waals surface area contributed by atoms with Crippen LogP contribution in [0, 0.1) is 0 Å². The summed E-state index contributed by atoms with van der Waals surface area (Å²) in [6.45, 7) is 2.58. The maximum absolute atomic E-state index is 5.99. The van der Waals surface area contributed by atoms with E-state index in [2.05, 4.69) is 5.16 Å². The van der Waals surface area contributed by atoms with Crippen LogP contribution >= 0.6 is 23.2 Å². The number of nitrogens with two attached hydrogens (primary N) is 1. The second-order valence-corrected chi connectivity index (χ2v) is 3.71. The van der Waals surface area contributed by atoms with Crippen LogP contribution in [0.15, 0.2) is 23.4 Å². The van der Waals surface area contributed by atoms with Gasteiger partial charge >= 0.3 is 0 Å². The van der Waals surface area contributed by atoms with Crippen molar-refractivity contribution < 1.29 is 4.84 Å². The van der Waals surface area contributed by atoms with Crippen LogP contribution in [0.1, 0.15) is 12.5 Å². The van der Waals surface area contributed by atoms with Gasteiger partial charge < -0.3 is 10.6 Å². The normalized spacial score (nSPS) is 11.6. The lowest BCUT2D eigenvalue weighted by atomic mass is 10.1. The molecule has 0 aromatic heterocycles. The highest BCUT2D eigenvalue weighted by Gasteiger charge is 2.08. The van der Waals surface area contributed by atoms with Crippen LogP contribution < -0.4 is 5.73 Å². The van der Waals surface area contributed by atoms with Gasteiger partial charge in [-0.15, -0.1) is 0 Å². The van der Waals surface area contributed by atoms with Crippen molar-refractivity contribution in [3.05, 3.63) is 33.8 Å². The smallest absolute Gasteiger partial charge is 0.129 e. The number of rotatable bonds is 4. The van der Waals surface area contributed by atoms with Gasteiger partial charge in [0.25, 0.3) is 0 Å². The lowest BCUT2D eigenvalue weighted by Gasteiger charge is -2.05. The standard InChI is InChI=1S/C10H12Cl2N2O/c1-7(14-15-6-5-13)10-8(11)3-2-4-9(10)12/h2-4H,5-6,13H2,1H3. The number of nitrogens with zero attached hydrogens (tertiary/aromatic N) is 1. The Bertz CT molecular complexity index is 346. The fraction of sp³-hybridized carbons (Fsp3) is 0.300. The highest BCUT2D eigenvalue weighted by molar-refractivity contribution is 6.40. The van der Waals surface area contributed by atoms with Gasteiger partial charge in [0.15, 0.2) is 0 Å². The van der Waals surface area contributed by atoms with E-state index in [-0.39, 0.29) is 0 Å². The summed E-state index contributed by atoms with van der Waals surface area (Å²) < 4.78 is 0. The first-order chi connectivity index (χ1) is 7.16. The van der Waals surface area contributed by atoms with E-state index in [9.17, 15) is 0 Å². The molecule has 0 fully saturated rings. The van der Waals surface area contributed by atoms with Crippen LogP contribution in [0.2, 0.25) is 10.0 Å². The van der Waals surface area contributed by atoms with Crippen molar-refractivity contribution in [3.63, 3.8) is 0 Å². The maximum Gasteiger partial charge on any atom is 0.129 e. The summed E-state index contributed by atoms with van der Waals surface area (Å²) in [6, 6.07) is 5.29. The average molecular weight is 247 g/mol. The molecule has 0 heterocycles. The lowest BCUT2D eigenvalue weighted by molar-refractivity contribution is 0.152. The Morgan fingerprint density at radius 2 is 2.00 bits per heavy atom. The Hall–Kier alpha value is -0.770. The van der Waals surface area contributed by atoms with Crippen LogP contribution in [0.3, 0.4) is 0 Å².